The molecule has 19 heavy (non-hydrogen) atoms. The highest BCUT2D eigenvalue weighted by molar-refractivity contribution is 5.02. The second-order valence-electron chi connectivity index (χ2n) is 5.02. The molecule has 0 aromatic carbocycles. The van der Waals surface area contributed by atoms with E-state index in [0.717, 1.165) is 11.1 Å². The predicted molar refractivity (Wildman–Crippen MR) is 74.2 cm³/mol. The van der Waals surface area contributed by atoms with E-state index < -0.39 is 0 Å². The number of aliphatic hydroxyl groups is 1. The van der Waals surface area contributed by atoms with Crippen molar-refractivity contribution in [2.24, 2.45) is 14.1 Å². The van der Waals surface area contributed by atoms with Crippen LogP contribution in [0.25, 0.3) is 0 Å². The first kappa shape index (κ1) is 15.7. The highest BCUT2D eigenvalue weighted by atomic mass is 16.3. The summed E-state index contributed by atoms with van der Waals surface area (Å²) in [5.41, 5.74) is 0.0945. The van der Waals surface area contributed by atoms with Crippen molar-refractivity contribution in [1.82, 2.24) is 14.0 Å². The van der Waals surface area contributed by atoms with E-state index in [2.05, 4.69) is 18.7 Å². The van der Waals surface area contributed by atoms with Crippen LogP contribution < -0.4 is 11.2 Å². The monoisotopic (exact) mass is 269 g/mol. The molecule has 1 aromatic rings. The van der Waals surface area contributed by atoms with E-state index in [1.807, 2.05) is 0 Å². The molecular weight excluding hydrogens is 246 g/mol. The van der Waals surface area contributed by atoms with Gasteiger partial charge in [-0.25, -0.2) is 4.79 Å². The summed E-state index contributed by atoms with van der Waals surface area (Å²) in [4.78, 5) is 25.6. The average molecular weight is 269 g/mol. The van der Waals surface area contributed by atoms with Crippen LogP contribution in [0.15, 0.2) is 15.7 Å². The molecule has 6 heteroatoms. The molecule has 0 atom stereocenters. The first-order valence-electron chi connectivity index (χ1n) is 6.49. The molecule has 0 spiro atoms. The van der Waals surface area contributed by atoms with Crippen LogP contribution in [0.1, 0.15) is 26.0 Å². The third kappa shape index (κ3) is 3.78. The number of nitrogens with zero attached hydrogens (tertiary/aromatic N) is 3. The van der Waals surface area contributed by atoms with Gasteiger partial charge in [0.15, 0.2) is 0 Å². The van der Waals surface area contributed by atoms with Crippen LogP contribution in [0.4, 0.5) is 0 Å². The van der Waals surface area contributed by atoms with Gasteiger partial charge in [-0.15, -0.1) is 0 Å². The maximum atomic E-state index is 11.8. The molecule has 0 aliphatic rings. The lowest BCUT2D eigenvalue weighted by Crippen LogP contribution is -2.40. The highest BCUT2D eigenvalue weighted by Gasteiger charge is 2.13. The third-order valence-electron chi connectivity index (χ3n) is 3.32. The van der Waals surface area contributed by atoms with E-state index in [1.54, 1.807) is 7.05 Å². The van der Waals surface area contributed by atoms with E-state index in [1.165, 1.54) is 17.7 Å². The molecule has 0 saturated heterocycles. The zero-order chi connectivity index (χ0) is 14.6. The van der Waals surface area contributed by atoms with Crippen molar-refractivity contribution in [3.63, 3.8) is 0 Å². The average Bonchev–Trinajstić information content (AvgIpc) is 2.37. The zero-order valence-corrected chi connectivity index (χ0v) is 12.1. The molecular formula is C13H23N3O3. The van der Waals surface area contributed by atoms with Crippen molar-refractivity contribution in [2.45, 2.75) is 32.9 Å². The zero-order valence-electron chi connectivity index (χ0n) is 12.1. The van der Waals surface area contributed by atoms with Gasteiger partial charge in [0.05, 0.1) is 0 Å². The molecule has 108 valence electrons. The summed E-state index contributed by atoms with van der Waals surface area (Å²) in [6, 6.07) is 1.78. The Hall–Kier alpha value is -1.40. The lowest BCUT2D eigenvalue weighted by molar-refractivity contribution is 0.181. The number of rotatable bonds is 6. The van der Waals surface area contributed by atoms with Crippen LogP contribution in [-0.4, -0.2) is 38.3 Å². The van der Waals surface area contributed by atoms with Gasteiger partial charge in [-0.1, -0.05) is 0 Å². The molecule has 0 unspecified atom stereocenters. The Morgan fingerprint density at radius 1 is 1.26 bits per heavy atom. The van der Waals surface area contributed by atoms with E-state index in [9.17, 15) is 9.59 Å². The summed E-state index contributed by atoms with van der Waals surface area (Å²) in [5, 5.41) is 8.91. The molecule has 0 amide bonds. The smallest absolute Gasteiger partial charge is 0.330 e. The molecule has 0 aliphatic carbocycles. The summed E-state index contributed by atoms with van der Waals surface area (Å²) < 4.78 is 2.59. The van der Waals surface area contributed by atoms with Gasteiger partial charge in [-0.3, -0.25) is 18.8 Å². The Labute approximate surface area is 112 Å². The molecule has 6 nitrogen and oxygen atoms in total. The number of aliphatic hydroxyl groups excluding tert-OH is 1. The van der Waals surface area contributed by atoms with Crippen molar-refractivity contribution in [1.29, 1.82) is 0 Å². The first-order chi connectivity index (χ1) is 8.88. The van der Waals surface area contributed by atoms with E-state index >= 15 is 0 Å². The van der Waals surface area contributed by atoms with Gasteiger partial charge in [-0.2, -0.15) is 0 Å². The summed E-state index contributed by atoms with van der Waals surface area (Å²) in [6.45, 7) is 5.50. The summed E-state index contributed by atoms with van der Waals surface area (Å²) in [5.74, 6) is 0. The number of hydrogen-bond acceptors (Lipinski definition) is 4. The standard InChI is InChI=1S/C13H23N3O3/c1-10(2)16(6-5-7-17)9-11-8-12(18)15(4)13(19)14(11)3/h8,10,17H,5-7,9H2,1-4H3. The molecule has 0 fully saturated rings. The van der Waals surface area contributed by atoms with E-state index in [0.29, 0.717) is 18.7 Å². The van der Waals surface area contributed by atoms with Crippen LogP contribution in [0.3, 0.4) is 0 Å². The second-order valence-corrected chi connectivity index (χ2v) is 5.02. The first-order valence-corrected chi connectivity index (χ1v) is 6.49. The fraction of sp³-hybridized carbons (Fsp3) is 0.692. The van der Waals surface area contributed by atoms with Crippen molar-refractivity contribution in [2.75, 3.05) is 13.2 Å². The van der Waals surface area contributed by atoms with E-state index in [4.69, 9.17) is 5.11 Å². The van der Waals surface area contributed by atoms with Crippen LogP contribution in [0.5, 0.6) is 0 Å². The molecule has 1 rings (SSSR count). The van der Waals surface area contributed by atoms with E-state index in [-0.39, 0.29) is 23.9 Å². The molecule has 0 aliphatic heterocycles. The topological polar surface area (TPSA) is 67.5 Å². The maximum absolute atomic E-state index is 11.8. The maximum Gasteiger partial charge on any atom is 0.330 e. The SMILES string of the molecule is CC(C)N(CCCO)Cc1cc(=O)n(C)c(=O)n1C. The van der Waals surface area contributed by atoms with Crippen LogP contribution in [-0.2, 0) is 20.6 Å². The Bertz CT molecular complexity index is 531. The molecule has 1 aromatic heterocycles. The van der Waals surface area contributed by atoms with Gasteiger partial charge in [0, 0.05) is 51.6 Å². The van der Waals surface area contributed by atoms with Gasteiger partial charge in [0.25, 0.3) is 5.56 Å². The lowest BCUT2D eigenvalue weighted by atomic mass is 10.2. The molecule has 1 N–H and O–H groups in total. The largest absolute Gasteiger partial charge is 0.396 e. The Morgan fingerprint density at radius 2 is 1.89 bits per heavy atom. The van der Waals surface area contributed by atoms with Crippen LogP contribution in [0, 0.1) is 0 Å². The van der Waals surface area contributed by atoms with Gasteiger partial charge < -0.3 is 5.11 Å². The fourth-order valence-electron chi connectivity index (χ4n) is 1.93. The normalized spacial score (nSPS) is 11.5. The van der Waals surface area contributed by atoms with Gasteiger partial charge >= 0.3 is 5.69 Å². The second kappa shape index (κ2) is 6.68. The number of hydrogen-bond donors (Lipinski definition) is 1. The highest BCUT2D eigenvalue weighted by Crippen LogP contribution is 2.06. The number of aromatic nitrogens is 2. The van der Waals surface area contributed by atoms with Gasteiger partial charge in [0.1, 0.15) is 0 Å². The van der Waals surface area contributed by atoms with Gasteiger partial charge in [0.2, 0.25) is 0 Å². The molecule has 0 bridgehead atoms. The van der Waals surface area contributed by atoms with Crippen LogP contribution >= 0.6 is 0 Å². The molecule has 1 heterocycles. The Kier molecular flexibility index (Phi) is 5.50. The fourth-order valence-corrected chi connectivity index (χ4v) is 1.93. The summed E-state index contributed by atoms with van der Waals surface area (Å²) in [6.07, 6.45) is 0.678. The minimum Gasteiger partial charge on any atom is -0.396 e. The molecule has 0 radical (unpaired) electrons. The van der Waals surface area contributed by atoms with Crippen molar-refractivity contribution in [3.8, 4) is 0 Å². The van der Waals surface area contributed by atoms with Crippen molar-refractivity contribution in [3.05, 3.63) is 32.6 Å². The minimum atomic E-state index is -0.312. The quantitative estimate of drug-likeness (QED) is 0.768. The van der Waals surface area contributed by atoms with Gasteiger partial charge in [-0.05, 0) is 20.3 Å². The van der Waals surface area contributed by atoms with Crippen molar-refractivity contribution >= 4 is 0 Å². The minimum absolute atomic E-state index is 0.138. The van der Waals surface area contributed by atoms with Crippen LogP contribution in [0.2, 0.25) is 0 Å². The third-order valence-corrected chi connectivity index (χ3v) is 3.32. The van der Waals surface area contributed by atoms with Crippen molar-refractivity contribution < 1.29 is 5.11 Å². The lowest BCUT2D eigenvalue weighted by Gasteiger charge is -2.27. The Morgan fingerprint density at radius 3 is 2.42 bits per heavy atom. The molecule has 0 saturated carbocycles. The summed E-state index contributed by atoms with van der Waals surface area (Å²) in [7, 11) is 3.14. The Balaban J connectivity index is 3.03. The summed E-state index contributed by atoms with van der Waals surface area (Å²) >= 11 is 0. The predicted octanol–water partition coefficient (Wildman–Crippen LogP) is -0.323.